The summed E-state index contributed by atoms with van der Waals surface area (Å²) < 4.78 is 5.70. The van der Waals surface area contributed by atoms with Gasteiger partial charge in [-0.05, 0) is 46.3 Å². The third-order valence-corrected chi connectivity index (χ3v) is 5.32. The molecular formula is C11H24O3Si. The predicted molar refractivity (Wildman–Crippen MR) is 64.6 cm³/mol. The van der Waals surface area contributed by atoms with Crippen LogP contribution in [0.4, 0.5) is 0 Å². The molecule has 0 fully saturated rings. The molecule has 0 radical (unpaired) electrons. The Morgan fingerprint density at radius 1 is 1.40 bits per heavy atom. The van der Waals surface area contributed by atoms with E-state index in [4.69, 9.17) is 9.53 Å². The molecular weight excluding hydrogens is 208 g/mol. The fourth-order valence-electron chi connectivity index (χ4n) is 1.53. The highest BCUT2D eigenvalue weighted by Crippen LogP contribution is 2.26. The Balaban J connectivity index is 3.93. The zero-order valence-corrected chi connectivity index (χ0v) is 11.6. The van der Waals surface area contributed by atoms with Gasteiger partial charge in [-0.2, -0.15) is 0 Å². The molecule has 4 heteroatoms. The third-order valence-electron chi connectivity index (χ3n) is 2.69. The van der Waals surface area contributed by atoms with Gasteiger partial charge in [0, 0.05) is 6.61 Å². The Labute approximate surface area is 94.0 Å². The molecule has 1 N–H and O–H groups in total. The van der Waals surface area contributed by atoms with Gasteiger partial charge in [0.15, 0.2) is 8.32 Å². The van der Waals surface area contributed by atoms with Gasteiger partial charge in [-0.15, -0.1) is 0 Å². The smallest absolute Gasteiger partial charge is 0.309 e. The molecule has 0 aromatic heterocycles. The molecule has 0 saturated heterocycles. The van der Waals surface area contributed by atoms with Crippen molar-refractivity contribution < 1.29 is 14.3 Å². The number of rotatable bonds is 7. The number of carbonyl (C=O) groups is 1. The molecule has 0 atom stereocenters. The van der Waals surface area contributed by atoms with Gasteiger partial charge in [0.1, 0.15) is 0 Å². The van der Waals surface area contributed by atoms with Crippen molar-refractivity contribution in [3.8, 4) is 0 Å². The van der Waals surface area contributed by atoms with Gasteiger partial charge in [0.05, 0.1) is 5.41 Å². The molecule has 0 saturated carbocycles. The Morgan fingerprint density at radius 3 is 2.33 bits per heavy atom. The van der Waals surface area contributed by atoms with E-state index in [1.807, 2.05) is 6.92 Å². The van der Waals surface area contributed by atoms with Gasteiger partial charge in [0.25, 0.3) is 0 Å². The number of carboxylic acid groups (broad SMARTS) is 1. The van der Waals surface area contributed by atoms with Crippen LogP contribution in [0.3, 0.4) is 0 Å². The zero-order chi connectivity index (χ0) is 12.1. The van der Waals surface area contributed by atoms with E-state index < -0.39 is 19.7 Å². The first-order valence-corrected chi connectivity index (χ1v) is 8.70. The van der Waals surface area contributed by atoms with Crippen molar-refractivity contribution in [2.24, 2.45) is 5.41 Å². The van der Waals surface area contributed by atoms with Crippen LogP contribution in [0.1, 0.15) is 33.6 Å². The van der Waals surface area contributed by atoms with E-state index >= 15 is 0 Å². The average molecular weight is 232 g/mol. The van der Waals surface area contributed by atoms with Crippen LogP contribution in [-0.4, -0.2) is 26.0 Å². The quantitative estimate of drug-likeness (QED) is 0.686. The summed E-state index contributed by atoms with van der Waals surface area (Å²) in [5.74, 6) is -0.710. The lowest BCUT2D eigenvalue weighted by atomic mass is 9.88. The Morgan fingerprint density at radius 2 is 1.93 bits per heavy atom. The number of carboxylic acids is 1. The Bertz CT molecular complexity index is 212. The van der Waals surface area contributed by atoms with Crippen LogP contribution in [-0.2, 0) is 9.22 Å². The predicted octanol–water partition coefficient (Wildman–Crippen LogP) is 3.12. The summed E-state index contributed by atoms with van der Waals surface area (Å²) in [6.45, 7) is 10.7. The highest BCUT2D eigenvalue weighted by molar-refractivity contribution is 6.71. The summed E-state index contributed by atoms with van der Waals surface area (Å²) >= 11 is 0. The first-order valence-electron chi connectivity index (χ1n) is 5.58. The molecule has 15 heavy (non-hydrogen) atoms. The van der Waals surface area contributed by atoms with Crippen LogP contribution in [0.5, 0.6) is 0 Å². The van der Waals surface area contributed by atoms with Crippen LogP contribution < -0.4 is 0 Å². The van der Waals surface area contributed by atoms with Crippen molar-refractivity contribution in [3.05, 3.63) is 0 Å². The Hall–Kier alpha value is -0.353. The van der Waals surface area contributed by atoms with Gasteiger partial charge in [-0.1, -0.05) is 6.42 Å². The molecule has 0 aliphatic carbocycles. The first-order chi connectivity index (χ1) is 6.71. The number of hydrogen-bond acceptors (Lipinski definition) is 2. The highest BCUT2D eigenvalue weighted by atomic mass is 28.4. The van der Waals surface area contributed by atoms with Crippen molar-refractivity contribution in [2.45, 2.75) is 52.8 Å². The second-order valence-corrected chi connectivity index (χ2v) is 9.54. The highest BCUT2D eigenvalue weighted by Gasteiger charge is 2.28. The van der Waals surface area contributed by atoms with Crippen LogP contribution >= 0.6 is 0 Å². The molecule has 0 unspecified atom stereocenters. The van der Waals surface area contributed by atoms with Crippen molar-refractivity contribution in [2.75, 3.05) is 6.61 Å². The van der Waals surface area contributed by atoms with Crippen LogP contribution in [0.25, 0.3) is 0 Å². The standard InChI is InChI=1S/C11H24O3Si/c1-6-14-15(4,5)9-7-8-11(2,3)10(12)13/h6-9H2,1-5H3,(H,12,13). The van der Waals surface area contributed by atoms with E-state index in [1.54, 1.807) is 13.8 Å². The molecule has 3 nitrogen and oxygen atoms in total. The number of hydrogen-bond donors (Lipinski definition) is 1. The van der Waals surface area contributed by atoms with Crippen molar-refractivity contribution in [1.29, 1.82) is 0 Å². The normalized spacial score (nSPS) is 12.9. The summed E-state index contributed by atoms with van der Waals surface area (Å²) in [7, 11) is -1.53. The summed E-state index contributed by atoms with van der Waals surface area (Å²) in [4.78, 5) is 10.9. The maximum Gasteiger partial charge on any atom is 0.309 e. The minimum absolute atomic E-state index is 0.601. The van der Waals surface area contributed by atoms with Gasteiger partial charge in [-0.25, -0.2) is 0 Å². The molecule has 0 aromatic rings. The van der Waals surface area contributed by atoms with Gasteiger partial charge in [0.2, 0.25) is 0 Å². The molecule has 0 heterocycles. The van der Waals surface area contributed by atoms with E-state index in [1.165, 1.54) is 0 Å². The lowest BCUT2D eigenvalue weighted by molar-refractivity contribution is -0.147. The van der Waals surface area contributed by atoms with Crippen LogP contribution in [0.2, 0.25) is 19.1 Å². The van der Waals surface area contributed by atoms with Crippen LogP contribution in [0.15, 0.2) is 0 Å². The number of aliphatic carboxylic acids is 1. The van der Waals surface area contributed by atoms with Gasteiger partial charge < -0.3 is 9.53 Å². The van der Waals surface area contributed by atoms with E-state index in [-0.39, 0.29) is 0 Å². The summed E-state index contributed by atoms with van der Waals surface area (Å²) in [5, 5.41) is 8.95. The minimum atomic E-state index is -1.53. The topological polar surface area (TPSA) is 46.5 Å². The molecule has 0 aromatic carbocycles. The molecule has 90 valence electrons. The molecule has 0 aliphatic rings. The lowest BCUT2D eigenvalue weighted by Gasteiger charge is -2.24. The van der Waals surface area contributed by atoms with Crippen molar-refractivity contribution >= 4 is 14.3 Å². The first kappa shape index (κ1) is 14.6. The van der Waals surface area contributed by atoms with Crippen LogP contribution in [0, 0.1) is 5.41 Å². The minimum Gasteiger partial charge on any atom is -0.481 e. The summed E-state index contributed by atoms with van der Waals surface area (Å²) in [6, 6.07) is 1.04. The van der Waals surface area contributed by atoms with E-state index in [9.17, 15) is 4.79 Å². The lowest BCUT2D eigenvalue weighted by Crippen LogP contribution is -2.31. The maximum atomic E-state index is 10.9. The average Bonchev–Trinajstić information content (AvgIpc) is 2.02. The SMILES string of the molecule is CCO[Si](C)(C)CCCC(C)(C)C(=O)O. The fraction of sp³-hybridized carbons (Fsp3) is 0.909. The third kappa shape index (κ3) is 5.94. The van der Waals surface area contributed by atoms with E-state index in [0.29, 0.717) is 0 Å². The maximum absolute atomic E-state index is 10.9. The summed E-state index contributed by atoms with van der Waals surface area (Å²) in [5.41, 5.74) is -0.601. The van der Waals surface area contributed by atoms with Crippen molar-refractivity contribution in [1.82, 2.24) is 0 Å². The van der Waals surface area contributed by atoms with Gasteiger partial charge >= 0.3 is 5.97 Å². The monoisotopic (exact) mass is 232 g/mol. The van der Waals surface area contributed by atoms with Gasteiger partial charge in [-0.3, -0.25) is 4.79 Å². The Kier molecular flexibility index (Phi) is 5.52. The summed E-state index contributed by atoms with van der Waals surface area (Å²) in [6.07, 6.45) is 1.67. The second kappa shape index (κ2) is 5.65. The van der Waals surface area contributed by atoms with E-state index in [2.05, 4.69) is 13.1 Å². The van der Waals surface area contributed by atoms with Crippen molar-refractivity contribution in [3.63, 3.8) is 0 Å². The zero-order valence-electron chi connectivity index (χ0n) is 10.6. The molecule has 0 spiro atoms. The fourth-order valence-corrected chi connectivity index (χ4v) is 3.48. The molecule has 0 amide bonds. The molecule has 0 bridgehead atoms. The largest absolute Gasteiger partial charge is 0.481 e. The van der Waals surface area contributed by atoms with E-state index in [0.717, 1.165) is 25.5 Å². The second-order valence-electron chi connectivity index (χ2n) is 5.24. The molecule has 0 aliphatic heterocycles. The molecule has 0 rings (SSSR count).